The molecule has 1 aromatic heterocycles. The summed E-state index contributed by atoms with van der Waals surface area (Å²) in [6.07, 6.45) is 5.70. The number of esters is 1. The molecule has 0 bridgehead atoms. The molecule has 1 aliphatic rings. The molecule has 7 nitrogen and oxygen atoms in total. The Kier molecular flexibility index (Phi) is 5.46. The number of tetrazole rings is 1. The Morgan fingerprint density at radius 2 is 2.20 bits per heavy atom. The van der Waals surface area contributed by atoms with E-state index >= 15 is 0 Å². The molecule has 0 aromatic carbocycles. The lowest BCUT2D eigenvalue weighted by molar-refractivity contribution is -0.142. The molecule has 1 heterocycles. The standard InChI is InChI=1S/C13H23N5O2/c1-3-8-18-12(14-15-16-18)9-17(10-13(19)20-2)11-6-4-5-7-11/h11H,3-10H2,1-2H3. The van der Waals surface area contributed by atoms with Crippen molar-refractivity contribution in [3.63, 3.8) is 0 Å². The summed E-state index contributed by atoms with van der Waals surface area (Å²) >= 11 is 0. The van der Waals surface area contributed by atoms with E-state index in [1.807, 2.05) is 4.68 Å². The van der Waals surface area contributed by atoms with Crippen molar-refractivity contribution in [2.45, 2.75) is 58.2 Å². The Labute approximate surface area is 119 Å². The van der Waals surface area contributed by atoms with E-state index in [1.54, 1.807) is 0 Å². The minimum absolute atomic E-state index is 0.202. The molecular weight excluding hydrogens is 258 g/mol. The first-order valence-electron chi connectivity index (χ1n) is 7.30. The molecule has 7 heteroatoms. The van der Waals surface area contributed by atoms with Gasteiger partial charge >= 0.3 is 5.97 Å². The average Bonchev–Trinajstić information content (AvgIpc) is 3.10. The van der Waals surface area contributed by atoms with Crippen molar-refractivity contribution in [3.8, 4) is 0 Å². The summed E-state index contributed by atoms with van der Waals surface area (Å²) in [6, 6.07) is 0.431. The smallest absolute Gasteiger partial charge is 0.319 e. The second-order valence-corrected chi connectivity index (χ2v) is 5.24. The molecule has 0 atom stereocenters. The van der Waals surface area contributed by atoms with E-state index in [1.165, 1.54) is 20.0 Å². The van der Waals surface area contributed by atoms with E-state index in [2.05, 4.69) is 27.3 Å². The van der Waals surface area contributed by atoms with Crippen molar-refractivity contribution in [1.82, 2.24) is 25.1 Å². The van der Waals surface area contributed by atoms with Gasteiger partial charge in [-0.1, -0.05) is 19.8 Å². The Balaban J connectivity index is 2.05. The van der Waals surface area contributed by atoms with Crippen molar-refractivity contribution in [1.29, 1.82) is 0 Å². The number of aromatic nitrogens is 4. The van der Waals surface area contributed by atoms with Crippen LogP contribution in [-0.2, 0) is 22.6 Å². The van der Waals surface area contributed by atoms with Gasteiger partial charge in [0, 0.05) is 12.6 Å². The predicted octanol–water partition coefficient (Wildman–Crippen LogP) is 1.00. The molecule has 0 saturated heterocycles. The summed E-state index contributed by atoms with van der Waals surface area (Å²) in [7, 11) is 1.43. The third-order valence-electron chi connectivity index (χ3n) is 3.79. The minimum Gasteiger partial charge on any atom is -0.468 e. The molecule has 0 amide bonds. The fourth-order valence-corrected chi connectivity index (χ4v) is 2.72. The third-order valence-corrected chi connectivity index (χ3v) is 3.79. The Hall–Kier alpha value is -1.50. The first-order valence-corrected chi connectivity index (χ1v) is 7.30. The molecule has 1 fully saturated rings. The number of rotatable bonds is 7. The van der Waals surface area contributed by atoms with E-state index in [4.69, 9.17) is 4.74 Å². The molecule has 0 radical (unpaired) electrons. The van der Waals surface area contributed by atoms with Gasteiger partial charge in [-0.05, 0) is 29.7 Å². The van der Waals surface area contributed by atoms with Gasteiger partial charge in [0.05, 0.1) is 20.2 Å². The lowest BCUT2D eigenvalue weighted by atomic mass is 10.2. The zero-order valence-corrected chi connectivity index (χ0v) is 12.3. The van der Waals surface area contributed by atoms with Crippen molar-refractivity contribution >= 4 is 5.97 Å². The first kappa shape index (κ1) is 14.9. The van der Waals surface area contributed by atoms with Crippen LogP contribution in [0.2, 0.25) is 0 Å². The van der Waals surface area contributed by atoms with E-state index in [0.717, 1.165) is 31.6 Å². The minimum atomic E-state index is -0.202. The second-order valence-electron chi connectivity index (χ2n) is 5.24. The molecular formula is C13H23N5O2. The summed E-state index contributed by atoms with van der Waals surface area (Å²) in [5, 5.41) is 11.8. The SMILES string of the molecule is CCCn1nnnc1CN(CC(=O)OC)C1CCCC1. The fraction of sp³-hybridized carbons (Fsp3) is 0.846. The van der Waals surface area contributed by atoms with Gasteiger partial charge in [0.15, 0.2) is 5.82 Å². The van der Waals surface area contributed by atoms with Crippen LogP contribution in [0.4, 0.5) is 0 Å². The molecule has 0 N–H and O–H groups in total. The maximum absolute atomic E-state index is 11.6. The number of carbonyl (C=O) groups is 1. The summed E-state index contributed by atoms with van der Waals surface area (Å²) in [5.74, 6) is 0.620. The maximum Gasteiger partial charge on any atom is 0.319 e. The first-order chi connectivity index (χ1) is 9.74. The van der Waals surface area contributed by atoms with Crippen LogP contribution >= 0.6 is 0 Å². The predicted molar refractivity (Wildman–Crippen MR) is 72.8 cm³/mol. The van der Waals surface area contributed by atoms with Crippen LogP contribution in [0.15, 0.2) is 0 Å². The molecule has 112 valence electrons. The Morgan fingerprint density at radius 1 is 1.45 bits per heavy atom. The van der Waals surface area contributed by atoms with Gasteiger partial charge in [0.2, 0.25) is 0 Å². The fourth-order valence-electron chi connectivity index (χ4n) is 2.72. The molecule has 1 saturated carbocycles. The monoisotopic (exact) mass is 281 g/mol. The van der Waals surface area contributed by atoms with Gasteiger partial charge in [0.25, 0.3) is 0 Å². The number of carbonyl (C=O) groups excluding carboxylic acids is 1. The number of methoxy groups -OCH3 is 1. The third kappa shape index (κ3) is 3.75. The van der Waals surface area contributed by atoms with Crippen LogP contribution in [0.1, 0.15) is 44.9 Å². The van der Waals surface area contributed by atoms with Gasteiger partial charge in [0.1, 0.15) is 0 Å². The highest BCUT2D eigenvalue weighted by atomic mass is 16.5. The van der Waals surface area contributed by atoms with Gasteiger partial charge < -0.3 is 4.74 Å². The number of ether oxygens (including phenoxy) is 1. The number of hydrogen-bond donors (Lipinski definition) is 0. The molecule has 0 spiro atoms. The van der Waals surface area contributed by atoms with E-state index < -0.39 is 0 Å². The van der Waals surface area contributed by atoms with E-state index in [-0.39, 0.29) is 5.97 Å². The topological polar surface area (TPSA) is 73.1 Å². The highest BCUT2D eigenvalue weighted by Crippen LogP contribution is 2.24. The van der Waals surface area contributed by atoms with Crippen LogP contribution < -0.4 is 0 Å². The van der Waals surface area contributed by atoms with Crippen molar-refractivity contribution in [2.75, 3.05) is 13.7 Å². The highest BCUT2D eigenvalue weighted by molar-refractivity contribution is 5.71. The number of hydrogen-bond acceptors (Lipinski definition) is 6. The largest absolute Gasteiger partial charge is 0.468 e. The Bertz CT molecular complexity index is 428. The molecule has 0 aliphatic heterocycles. The van der Waals surface area contributed by atoms with Crippen LogP contribution in [-0.4, -0.2) is 50.8 Å². The molecule has 0 unspecified atom stereocenters. The van der Waals surface area contributed by atoms with Crippen molar-refractivity contribution < 1.29 is 9.53 Å². The molecule has 2 rings (SSSR count). The van der Waals surface area contributed by atoms with Crippen LogP contribution in [0.5, 0.6) is 0 Å². The molecule has 1 aromatic rings. The van der Waals surface area contributed by atoms with Gasteiger partial charge in [-0.3, -0.25) is 9.69 Å². The quantitative estimate of drug-likeness (QED) is 0.694. The summed E-state index contributed by atoms with van der Waals surface area (Å²) in [6.45, 7) is 3.81. The van der Waals surface area contributed by atoms with Crippen molar-refractivity contribution in [3.05, 3.63) is 5.82 Å². The Morgan fingerprint density at radius 3 is 2.85 bits per heavy atom. The summed E-state index contributed by atoms with van der Waals surface area (Å²) in [5.41, 5.74) is 0. The highest BCUT2D eigenvalue weighted by Gasteiger charge is 2.26. The zero-order valence-electron chi connectivity index (χ0n) is 12.3. The number of nitrogens with zero attached hydrogens (tertiary/aromatic N) is 5. The normalized spacial score (nSPS) is 15.9. The van der Waals surface area contributed by atoms with Gasteiger partial charge in [-0.15, -0.1) is 5.10 Å². The van der Waals surface area contributed by atoms with E-state index in [9.17, 15) is 4.79 Å². The lowest BCUT2D eigenvalue weighted by Crippen LogP contribution is -2.38. The summed E-state index contributed by atoms with van der Waals surface area (Å²) in [4.78, 5) is 13.7. The van der Waals surface area contributed by atoms with Gasteiger partial charge in [-0.25, -0.2) is 4.68 Å². The van der Waals surface area contributed by atoms with Crippen molar-refractivity contribution in [2.24, 2.45) is 0 Å². The lowest BCUT2D eigenvalue weighted by Gasteiger charge is -2.26. The molecule has 1 aliphatic carbocycles. The van der Waals surface area contributed by atoms with Crippen LogP contribution in [0, 0.1) is 0 Å². The number of aryl methyl sites for hydroxylation is 1. The average molecular weight is 281 g/mol. The van der Waals surface area contributed by atoms with Gasteiger partial charge in [-0.2, -0.15) is 0 Å². The second kappa shape index (κ2) is 7.33. The van der Waals surface area contributed by atoms with E-state index in [0.29, 0.717) is 19.1 Å². The maximum atomic E-state index is 11.6. The zero-order chi connectivity index (χ0) is 14.4. The van der Waals surface area contributed by atoms with Crippen LogP contribution in [0.3, 0.4) is 0 Å². The van der Waals surface area contributed by atoms with Crippen LogP contribution in [0.25, 0.3) is 0 Å². The summed E-state index contributed by atoms with van der Waals surface area (Å²) < 4.78 is 6.62. The molecule has 20 heavy (non-hydrogen) atoms.